The molecule has 0 saturated heterocycles. The van der Waals surface area contributed by atoms with E-state index in [-0.39, 0.29) is 22.1 Å². The molecule has 4 rings (SSSR count). The second-order valence-electron chi connectivity index (χ2n) is 6.85. The van der Waals surface area contributed by atoms with Crippen molar-refractivity contribution in [1.29, 1.82) is 0 Å². The molecule has 3 aromatic carbocycles. The van der Waals surface area contributed by atoms with Gasteiger partial charge in [0.15, 0.2) is 0 Å². The number of aromatic hydroxyl groups is 1. The van der Waals surface area contributed by atoms with E-state index < -0.39 is 44.2 Å². The topological polar surface area (TPSA) is 98.7 Å². The standard InChI is InChI=1S/C20H14Br2F2N2O4S/c21-11-2-1-9-8-25-20(28)10-3-14(22)19(27)18(4-10)31(29,30)26-17-6-13(12(9)5-11)15(23)7-16(17)24/h1-7,20,25-28H,8H2. The lowest BCUT2D eigenvalue weighted by molar-refractivity contribution is 0.137. The number of aliphatic hydroxyl groups is 1. The number of hydrogen-bond donors (Lipinski definition) is 4. The lowest BCUT2D eigenvalue weighted by atomic mass is 9.98. The number of benzene rings is 3. The van der Waals surface area contributed by atoms with Crippen LogP contribution in [0, 0.1) is 11.6 Å². The van der Waals surface area contributed by atoms with Crippen molar-refractivity contribution in [2.24, 2.45) is 0 Å². The summed E-state index contributed by atoms with van der Waals surface area (Å²) in [5.74, 6) is -2.63. The fourth-order valence-electron chi connectivity index (χ4n) is 3.27. The van der Waals surface area contributed by atoms with Crippen LogP contribution in [0.2, 0.25) is 0 Å². The van der Waals surface area contributed by atoms with Crippen LogP contribution in [-0.4, -0.2) is 18.6 Å². The molecule has 4 bridgehead atoms. The maximum Gasteiger partial charge on any atom is 0.265 e. The zero-order valence-electron chi connectivity index (χ0n) is 15.5. The normalized spacial score (nSPS) is 17.5. The van der Waals surface area contributed by atoms with Crippen LogP contribution in [-0.2, 0) is 16.6 Å². The van der Waals surface area contributed by atoms with Gasteiger partial charge < -0.3 is 10.2 Å². The highest BCUT2D eigenvalue weighted by Crippen LogP contribution is 2.38. The van der Waals surface area contributed by atoms with Crippen molar-refractivity contribution >= 4 is 47.6 Å². The van der Waals surface area contributed by atoms with Gasteiger partial charge in [0.05, 0.1) is 10.2 Å². The summed E-state index contributed by atoms with van der Waals surface area (Å²) < 4.78 is 57.8. The van der Waals surface area contributed by atoms with Crippen molar-refractivity contribution in [2.75, 3.05) is 4.72 Å². The predicted octanol–water partition coefficient (Wildman–Crippen LogP) is 4.76. The number of phenols is 1. The number of hydrogen-bond acceptors (Lipinski definition) is 5. The average molecular weight is 576 g/mol. The van der Waals surface area contributed by atoms with Gasteiger partial charge in [-0.25, -0.2) is 17.2 Å². The Bertz CT molecular complexity index is 1320. The van der Waals surface area contributed by atoms with E-state index in [0.717, 1.165) is 12.1 Å². The Morgan fingerprint density at radius 3 is 2.48 bits per heavy atom. The molecule has 0 aromatic heterocycles. The summed E-state index contributed by atoms with van der Waals surface area (Å²) in [6, 6.07) is 9.11. The van der Waals surface area contributed by atoms with E-state index in [0.29, 0.717) is 21.7 Å². The quantitative estimate of drug-likeness (QED) is 0.310. The Hall–Kier alpha value is -2.05. The Balaban J connectivity index is 2.01. The van der Waals surface area contributed by atoms with Gasteiger partial charge in [0, 0.05) is 22.6 Å². The monoisotopic (exact) mass is 574 g/mol. The first-order valence-corrected chi connectivity index (χ1v) is 11.9. The second kappa shape index (κ2) is 8.14. The fraction of sp³-hybridized carbons (Fsp3) is 0.100. The first-order chi connectivity index (χ1) is 14.6. The van der Waals surface area contributed by atoms with Crippen molar-refractivity contribution in [3.8, 4) is 16.9 Å². The number of sulfonamides is 1. The highest BCUT2D eigenvalue weighted by atomic mass is 79.9. The number of rotatable bonds is 0. The molecule has 1 aliphatic rings. The largest absolute Gasteiger partial charge is 0.505 e. The minimum Gasteiger partial charge on any atom is -0.505 e. The molecule has 0 amide bonds. The number of fused-ring (bicyclic) bond motifs is 6. The van der Waals surface area contributed by atoms with Crippen molar-refractivity contribution in [3.63, 3.8) is 0 Å². The fourth-order valence-corrected chi connectivity index (χ4v) is 5.45. The number of aliphatic hydroxyl groups excluding tert-OH is 1. The summed E-state index contributed by atoms with van der Waals surface area (Å²) in [6.45, 7) is 0.0872. The Kier molecular flexibility index (Phi) is 5.81. The lowest BCUT2D eigenvalue weighted by Crippen LogP contribution is -2.21. The van der Waals surface area contributed by atoms with E-state index in [4.69, 9.17) is 0 Å². The van der Waals surface area contributed by atoms with E-state index in [1.807, 2.05) is 0 Å². The summed E-state index contributed by atoms with van der Waals surface area (Å²) in [5, 5.41) is 23.7. The van der Waals surface area contributed by atoms with E-state index in [9.17, 15) is 27.4 Å². The van der Waals surface area contributed by atoms with Crippen LogP contribution >= 0.6 is 31.9 Å². The molecule has 6 nitrogen and oxygen atoms in total. The van der Waals surface area contributed by atoms with E-state index in [2.05, 4.69) is 41.9 Å². The molecule has 31 heavy (non-hydrogen) atoms. The molecule has 0 spiro atoms. The maximum atomic E-state index is 14.7. The maximum absolute atomic E-state index is 14.7. The molecule has 11 heteroatoms. The summed E-state index contributed by atoms with van der Waals surface area (Å²) in [4.78, 5) is -0.581. The number of anilines is 1. The van der Waals surface area contributed by atoms with Crippen molar-refractivity contribution in [1.82, 2.24) is 5.32 Å². The first kappa shape index (κ1) is 22.2. The van der Waals surface area contributed by atoms with Crippen LogP contribution in [0.4, 0.5) is 14.5 Å². The third-order valence-corrected chi connectivity index (χ3v) is 7.28. The first-order valence-electron chi connectivity index (χ1n) is 8.81. The van der Waals surface area contributed by atoms with Crippen molar-refractivity contribution in [2.45, 2.75) is 17.7 Å². The molecule has 0 fully saturated rings. The van der Waals surface area contributed by atoms with Gasteiger partial charge in [0.1, 0.15) is 28.5 Å². The highest BCUT2D eigenvalue weighted by Gasteiger charge is 2.26. The van der Waals surface area contributed by atoms with Gasteiger partial charge in [-0.05, 0) is 63.0 Å². The van der Waals surface area contributed by atoms with Crippen LogP contribution < -0.4 is 10.0 Å². The minimum atomic E-state index is -4.50. The third kappa shape index (κ3) is 4.20. The molecular formula is C20H14Br2F2N2O4S. The summed E-state index contributed by atoms with van der Waals surface area (Å²) in [6.07, 6.45) is -1.31. The van der Waals surface area contributed by atoms with Crippen molar-refractivity contribution < 1.29 is 27.4 Å². The second-order valence-corrected chi connectivity index (χ2v) is 10.3. The van der Waals surface area contributed by atoms with Gasteiger partial charge in [-0.2, -0.15) is 0 Å². The predicted molar refractivity (Wildman–Crippen MR) is 118 cm³/mol. The molecule has 0 aliphatic carbocycles. The summed E-state index contributed by atoms with van der Waals surface area (Å²) in [7, 11) is -4.50. The van der Waals surface area contributed by atoms with Crippen LogP contribution in [0.3, 0.4) is 0 Å². The molecule has 1 heterocycles. The van der Waals surface area contributed by atoms with Crippen LogP contribution in [0.1, 0.15) is 17.4 Å². The minimum absolute atomic E-state index is 0.0192. The summed E-state index contributed by atoms with van der Waals surface area (Å²) in [5.41, 5.74) is 0.571. The molecule has 1 aliphatic heterocycles. The molecular weight excluding hydrogens is 562 g/mol. The number of halogens is 4. The zero-order valence-corrected chi connectivity index (χ0v) is 19.4. The molecule has 4 N–H and O–H groups in total. The van der Waals surface area contributed by atoms with Crippen LogP contribution in [0.25, 0.3) is 11.1 Å². The molecule has 1 unspecified atom stereocenters. The van der Waals surface area contributed by atoms with Crippen molar-refractivity contribution in [3.05, 3.63) is 74.2 Å². The SMILES string of the molecule is O=S1(=O)Nc2cc(c(F)cc2F)-c2cc(Br)ccc2CNC(O)c2cc(Br)c(O)c1c2. The van der Waals surface area contributed by atoms with Crippen LogP contribution in [0.5, 0.6) is 5.75 Å². The Morgan fingerprint density at radius 2 is 1.74 bits per heavy atom. The molecule has 162 valence electrons. The highest BCUT2D eigenvalue weighted by molar-refractivity contribution is 9.10. The number of nitrogens with one attached hydrogen (secondary N) is 2. The Labute approximate surface area is 193 Å². The van der Waals surface area contributed by atoms with Gasteiger partial charge in [0.2, 0.25) is 0 Å². The van der Waals surface area contributed by atoms with Crippen LogP contribution in [0.15, 0.2) is 56.3 Å². The molecule has 0 radical (unpaired) electrons. The zero-order chi connectivity index (χ0) is 22.5. The molecule has 3 aromatic rings. The van der Waals surface area contributed by atoms with Gasteiger partial charge in [-0.3, -0.25) is 10.0 Å². The smallest absolute Gasteiger partial charge is 0.265 e. The van der Waals surface area contributed by atoms with Gasteiger partial charge in [-0.1, -0.05) is 22.0 Å². The Morgan fingerprint density at radius 1 is 1.00 bits per heavy atom. The summed E-state index contributed by atoms with van der Waals surface area (Å²) >= 11 is 6.39. The van der Waals surface area contributed by atoms with Gasteiger partial charge in [0.25, 0.3) is 10.0 Å². The van der Waals surface area contributed by atoms with Gasteiger partial charge in [-0.15, -0.1) is 0 Å². The van der Waals surface area contributed by atoms with E-state index in [1.54, 1.807) is 18.2 Å². The van der Waals surface area contributed by atoms with Gasteiger partial charge >= 0.3 is 0 Å². The number of phenolic OH excluding ortho intramolecular Hbond substituents is 1. The average Bonchev–Trinajstić information content (AvgIpc) is 2.70. The third-order valence-electron chi connectivity index (χ3n) is 4.81. The lowest BCUT2D eigenvalue weighted by Gasteiger charge is -2.17. The van der Waals surface area contributed by atoms with E-state index in [1.165, 1.54) is 6.07 Å². The molecule has 0 saturated carbocycles. The van der Waals surface area contributed by atoms with E-state index >= 15 is 0 Å². The molecule has 1 atom stereocenters.